The number of anilines is 1. The summed E-state index contributed by atoms with van der Waals surface area (Å²) in [7, 11) is 1.85. The van der Waals surface area contributed by atoms with Crippen LogP contribution >= 0.6 is 11.8 Å². The maximum absolute atomic E-state index is 13.0. The van der Waals surface area contributed by atoms with Crippen LogP contribution in [0.2, 0.25) is 0 Å². The van der Waals surface area contributed by atoms with E-state index < -0.39 is 0 Å². The molecule has 0 radical (unpaired) electrons. The van der Waals surface area contributed by atoms with Crippen LogP contribution in [0.15, 0.2) is 65.8 Å². The van der Waals surface area contributed by atoms with E-state index >= 15 is 0 Å². The molecule has 3 aromatic rings. The second-order valence-corrected chi connectivity index (χ2v) is 9.25. The maximum Gasteiger partial charge on any atom is 0.235 e. The van der Waals surface area contributed by atoms with Crippen LogP contribution in [-0.2, 0) is 11.3 Å². The molecule has 1 aromatic heterocycles. The van der Waals surface area contributed by atoms with Crippen molar-refractivity contribution in [1.82, 2.24) is 19.7 Å². The van der Waals surface area contributed by atoms with Gasteiger partial charge in [-0.2, -0.15) is 0 Å². The number of hydrogen-bond acceptors (Lipinski definition) is 5. The third-order valence-corrected chi connectivity index (χ3v) is 6.57. The first-order valence-corrected chi connectivity index (χ1v) is 11.7. The third-order valence-electron chi connectivity index (χ3n) is 5.54. The van der Waals surface area contributed by atoms with Gasteiger partial charge in [0.05, 0.1) is 10.9 Å². The van der Waals surface area contributed by atoms with E-state index in [1.165, 1.54) is 31.0 Å². The quantitative estimate of drug-likeness (QED) is 0.515. The van der Waals surface area contributed by atoms with Crippen molar-refractivity contribution in [3.8, 4) is 5.69 Å². The van der Waals surface area contributed by atoms with Gasteiger partial charge in [-0.3, -0.25) is 9.36 Å². The minimum atomic E-state index is -0.269. The minimum Gasteiger partial charge on any atom is -0.341 e. The second-order valence-electron chi connectivity index (χ2n) is 7.94. The number of hydrogen-bond donors (Lipinski definition) is 0. The normalized spacial score (nSPS) is 15.0. The molecule has 1 unspecified atom stereocenters. The summed E-state index contributed by atoms with van der Waals surface area (Å²) in [4.78, 5) is 17.1. The van der Waals surface area contributed by atoms with Gasteiger partial charge in [-0.1, -0.05) is 60.3 Å². The Morgan fingerprint density at radius 2 is 1.65 bits per heavy atom. The fourth-order valence-electron chi connectivity index (χ4n) is 3.89. The number of benzene rings is 2. The van der Waals surface area contributed by atoms with Gasteiger partial charge in [0.25, 0.3) is 0 Å². The molecular weight excluding hydrogens is 406 g/mol. The predicted octanol–water partition coefficient (Wildman–Crippen LogP) is 4.40. The number of amides is 1. The summed E-state index contributed by atoms with van der Waals surface area (Å²) >= 11 is 1.47. The van der Waals surface area contributed by atoms with Crippen LogP contribution in [0.1, 0.15) is 31.7 Å². The summed E-state index contributed by atoms with van der Waals surface area (Å²) < 4.78 is 2.09. The first-order valence-electron chi connectivity index (χ1n) is 10.8. The largest absolute Gasteiger partial charge is 0.341 e. The Hall–Kier alpha value is -2.80. The number of piperidine rings is 1. The summed E-state index contributed by atoms with van der Waals surface area (Å²) in [5.74, 6) is 0.946. The molecule has 2 heterocycles. The molecule has 1 saturated heterocycles. The van der Waals surface area contributed by atoms with E-state index in [0.717, 1.165) is 35.4 Å². The van der Waals surface area contributed by atoms with Crippen molar-refractivity contribution in [2.45, 2.75) is 43.1 Å². The van der Waals surface area contributed by atoms with E-state index in [1.807, 2.05) is 62.5 Å². The van der Waals surface area contributed by atoms with Crippen LogP contribution < -0.4 is 4.90 Å². The number of carbonyl (C=O) groups is 1. The summed E-state index contributed by atoms with van der Waals surface area (Å²) in [6.45, 7) is 4.52. The zero-order valence-electron chi connectivity index (χ0n) is 18.1. The summed E-state index contributed by atoms with van der Waals surface area (Å²) in [5, 5.41) is 9.51. The molecule has 0 saturated carbocycles. The number of thioether (sulfide) groups is 1. The lowest BCUT2D eigenvalue weighted by Gasteiger charge is -2.28. The lowest BCUT2D eigenvalue weighted by molar-refractivity contribution is -0.129. The van der Waals surface area contributed by atoms with Gasteiger partial charge in [0.1, 0.15) is 0 Å². The Balaban J connectivity index is 1.54. The van der Waals surface area contributed by atoms with Gasteiger partial charge >= 0.3 is 0 Å². The van der Waals surface area contributed by atoms with Gasteiger partial charge in [-0.05, 0) is 43.9 Å². The van der Waals surface area contributed by atoms with Crippen LogP contribution in [0.5, 0.6) is 0 Å². The number of carbonyl (C=O) groups excluding carboxylic acids is 1. The van der Waals surface area contributed by atoms with E-state index in [1.54, 1.807) is 4.90 Å². The maximum atomic E-state index is 13.0. The van der Waals surface area contributed by atoms with Gasteiger partial charge in [0.2, 0.25) is 11.9 Å². The van der Waals surface area contributed by atoms with E-state index in [0.29, 0.717) is 6.54 Å². The van der Waals surface area contributed by atoms with E-state index in [-0.39, 0.29) is 11.2 Å². The second kappa shape index (κ2) is 10.0. The molecule has 1 aliphatic rings. The molecule has 0 N–H and O–H groups in total. The first kappa shape index (κ1) is 21.4. The van der Waals surface area contributed by atoms with Gasteiger partial charge in [0.15, 0.2) is 5.16 Å². The highest BCUT2D eigenvalue weighted by atomic mass is 32.2. The highest BCUT2D eigenvalue weighted by molar-refractivity contribution is 8.00. The average molecular weight is 436 g/mol. The van der Waals surface area contributed by atoms with Crippen molar-refractivity contribution >= 4 is 23.6 Å². The topological polar surface area (TPSA) is 54.3 Å². The van der Waals surface area contributed by atoms with Crippen molar-refractivity contribution < 1.29 is 4.79 Å². The zero-order chi connectivity index (χ0) is 21.6. The van der Waals surface area contributed by atoms with Crippen molar-refractivity contribution in [2.75, 3.05) is 25.0 Å². The molecule has 162 valence electrons. The Morgan fingerprint density at radius 3 is 2.32 bits per heavy atom. The molecule has 7 heteroatoms. The monoisotopic (exact) mass is 435 g/mol. The molecule has 2 aromatic carbocycles. The Labute approximate surface area is 188 Å². The molecule has 0 aliphatic carbocycles. The number of rotatable bonds is 7. The molecule has 31 heavy (non-hydrogen) atoms. The SMILES string of the molecule is CC(Sc1nnc(N2CCCCC2)n1-c1ccccc1)C(=O)N(C)Cc1ccccc1. The van der Waals surface area contributed by atoms with E-state index in [2.05, 4.69) is 31.8 Å². The highest BCUT2D eigenvalue weighted by Gasteiger charge is 2.26. The van der Waals surface area contributed by atoms with Gasteiger partial charge < -0.3 is 9.80 Å². The summed E-state index contributed by atoms with van der Waals surface area (Å²) in [5.41, 5.74) is 2.14. The average Bonchev–Trinajstić information content (AvgIpc) is 3.23. The van der Waals surface area contributed by atoms with E-state index in [4.69, 9.17) is 0 Å². The molecule has 1 amide bonds. The zero-order valence-corrected chi connectivity index (χ0v) is 19.0. The van der Waals surface area contributed by atoms with Crippen LogP contribution in [0.25, 0.3) is 5.69 Å². The third kappa shape index (κ3) is 5.10. The fraction of sp³-hybridized carbons (Fsp3) is 0.375. The lowest BCUT2D eigenvalue weighted by Crippen LogP contribution is -2.33. The predicted molar refractivity (Wildman–Crippen MR) is 126 cm³/mol. The number of nitrogens with zero attached hydrogens (tertiary/aromatic N) is 5. The highest BCUT2D eigenvalue weighted by Crippen LogP contribution is 2.31. The first-order chi connectivity index (χ1) is 15.1. The number of aromatic nitrogens is 3. The molecule has 6 nitrogen and oxygen atoms in total. The van der Waals surface area contributed by atoms with Crippen LogP contribution in [0.3, 0.4) is 0 Å². The van der Waals surface area contributed by atoms with Gasteiger partial charge in [0, 0.05) is 26.7 Å². The Bertz CT molecular complexity index is 986. The molecule has 1 atom stereocenters. The summed E-state index contributed by atoms with van der Waals surface area (Å²) in [6, 6.07) is 20.2. The molecule has 0 bridgehead atoms. The van der Waals surface area contributed by atoms with Crippen molar-refractivity contribution in [2.24, 2.45) is 0 Å². The molecule has 1 fully saturated rings. The smallest absolute Gasteiger partial charge is 0.235 e. The molecule has 1 aliphatic heterocycles. The fourth-order valence-corrected chi connectivity index (χ4v) is 4.87. The minimum absolute atomic E-state index is 0.0796. The molecule has 0 spiro atoms. The van der Waals surface area contributed by atoms with Crippen molar-refractivity contribution in [1.29, 1.82) is 0 Å². The van der Waals surface area contributed by atoms with Gasteiger partial charge in [-0.15, -0.1) is 10.2 Å². The van der Waals surface area contributed by atoms with Crippen LogP contribution in [0, 0.1) is 0 Å². The Kier molecular flexibility index (Phi) is 6.92. The molecular formula is C24H29N5OS. The molecule has 4 rings (SSSR count). The van der Waals surface area contributed by atoms with E-state index in [9.17, 15) is 4.79 Å². The number of para-hydroxylation sites is 1. The van der Waals surface area contributed by atoms with Crippen molar-refractivity contribution in [3.05, 3.63) is 66.2 Å². The van der Waals surface area contributed by atoms with Crippen molar-refractivity contribution in [3.63, 3.8) is 0 Å². The Morgan fingerprint density at radius 1 is 1.00 bits per heavy atom. The van der Waals surface area contributed by atoms with Crippen LogP contribution in [0.4, 0.5) is 5.95 Å². The van der Waals surface area contributed by atoms with Gasteiger partial charge in [-0.25, -0.2) is 0 Å². The van der Waals surface area contributed by atoms with Crippen LogP contribution in [-0.4, -0.2) is 51.0 Å². The lowest BCUT2D eigenvalue weighted by atomic mass is 10.1. The standard InChI is InChI=1S/C24H29N5OS/c1-19(22(30)27(2)18-20-12-6-3-7-13-20)31-24-26-25-23(28-16-10-5-11-17-28)29(24)21-14-8-4-9-15-21/h3-4,6-9,12-15,19H,5,10-11,16-18H2,1-2H3. The summed E-state index contributed by atoms with van der Waals surface area (Å²) in [6.07, 6.45) is 3.60.